The maximum absolute atomic E-state index is 12.6. The van der Waals surface area contributed by atoms with E-state index in [4.69, 9.17) is 0 Å². The van der Waals surface area contributed by atoms with Crippen LogP contribution < -0.4 is 5.32 Å². The molecule has 1 atom stereocenters. The van der Waals surface area contributed by atoms with Crippen LogP contribution in [-0.2, 0) is 9.59 Å². The lowest BCUT2D eigenvalue weighted by Crippen LogP contribution is -2.36. The number of likely N-dealkylation sites (tertiary alicyclic amines) is 1. The number of rotatable bonds is 6. The van der Waals surface area contributed by atoms with Crippen LogP contribution in [0, 0.1) is 6.92 Å². The molecular weight excluding hydrogens is 344 g/mol. The number of hydrogen-bond acceptors (Lipinski definition) is 3. The van der Waals surface area contributed by atoms with Gasteiger partial charge in [-0.2, -0.15) is 0 Å². The van der Waals surface area contributed by atoms with E-state index in [0.29, 0.717) is 19.4 Å². The lowest BCUT2D eigenvalue weighted by molar-refractivity contribution is -0.131. The highest BCUT2D eigenvalue weighted by molar-refractivity contribution is 7.10. The van der Waals surface area contributed by atoms with Gasteiger partial charge in [-0.15, -0.1) is 11.3 Å². The SMILES string of the molecule is Cc1ccc(C(NC(=O)CCN2CCCCCC2=O)c2cccs2)cc1. The van der Waals surface area contributed by atoms with Crippen molar-refractivity contribution in [2.45, 2.75) is 45.1 Å². The molecule has 2 heterocycles. The zero-order valence-corrected chi connectivity index (χ0v) is 16.1. The second kappa shape index (κ2) is 8.99. The highest BCUT2D eigenvalue weighted by atomic mass is 32.1. The Morgan fingerprint density at radius 3 is 2.73 bits per heavy atom. The summed E-state index contributed by atoms with van der Waals surface area (Å²) in [5, 5.41) is 5.19. The molecule has 0 bridgehead atoms. The van der Waals surface area contributed by atoms with E-state index in [-0.39, 0.29) is 17.9 Å². The van der Waals surface area contributed by atoms with Gasteiger partial charge in [0.15, 0.2) is 0 Å². The summed E-state index contributed by atoms with van der Waals surface area (Å²) in [5.74, 6) is 0.171. The molecule has 5 heteroatoms. The molecule has 0 radical (unpaired) electrons. The van der Waals surface area contributed by atoms with Crippen LogP contribution in [0.25, 0.3) is 0 Å². The Hall–Kier alpha value is -2.14. The number of carbonyl (C=O) groups excluding carboxylic acids is 2. The lowest BCUT2D eigenvalue weighted by Gasteiger charge is -2.22. The zero-order valence-electron chi connectivity index (χ0n) is 15.2. The van der Waals surface area contributed by atoms with E-state index >= 15 is 0 Å². The lowest BCUT2D eigenvalue weighted by atomic mass is 10.0. The quantitative estimate of drug-likeness (QED) is 0.834. The maximum atomic E-state index is 12.6. The van der Waals surface area contributed by atoms with E-state index in [0.717, 1.165) is 36.2 Å². The fraction of sp³-hybridized carbons (Fsp3) is 0.429. The first-order valence-electron chi connectivity index (χ1n) is 9.30. The molecular formula is C21H26N2O2S. The smallest absolute Gasteiger partial charge is 0.222 e. The van der Waals surface area contributed by atoms with Crippen LogP contribution in [0.1, 0.15) is 54.1 Å². The molecule has 1 aliphatic heterocycles. The summed E-state index contributed by atoms with van der Waals surface area (Å²) in [4.78, 5) is 27.6. The average Bonchev–Trinajstić information content (AvgIpc) is 3.09. The third-order valence-electron chi connectivity index (χ3n) is 4.82. The number of aryl methyl sites for hydroxylation is 1. The van der Waals surface area contributed by atoms with Gasteiger partial charge in [-0.25, -0.2) is 0 Å². The summed E-state index contributed by atoms with van der Waals surface area (Å²) in [6.45, 7) is 3.34. The molecule has 138 valence electrons. The summed E-state index contributed by atoms with van der Waals surface area (Å²) >= 11 is 1.64. The topological polar surface area (TPSA) is 49.4 Å². The number of nitrogens with zero attached hydrogens (tertiary/aromatic N) is 1. The Morgan fingerprint density at radius 2 is 2.00 bits per heavy atom. The maximum Gasteiger partial charge on any atom is 0.222 e. The van der Waals surface area contributed by atoms with Crippen molar-refractivity contribution < 1.29 is 9.59 Å². The van der Waals surface area contributed by atoms with Gasteiger partial charge in [0.2, 0.25) is 11.8 Å². The molecule has 0 saturated carbocycles. The molecule has 2 aromatic rings. The van der Waals surface area contributed by atoms with Crippen molar-refractivity contribution in [2.24, 2.45) is 0 Å². The summed E-state index contributed by atoms with van der Waals surface area (Å²) in [5.41, 5.74) is 2.28. The monoisotopic (exact) mass is 370 g/mol. The van der Waals surface area contributed by atoms with Gasteiger partial charge in [-0.3, -0.25) is 9.59 Å². The van der Waals surface area contributed by atoms with Crippen molar-refractivity contribution in [1.29, 1.82) is 0 Å². The number of amides is 2. The summed E-state index contributed by atoms with van der Waals surface area (Å²) in [6, 6.07) is 12.2. The van der Waals surface area contributed by atoms with Crippen LogP contribution in [-0.4, -0.2) is 29.8 Å². The first-order chi connectivity index (χ1) is 12.6. The number of nitrogens with one attached hydrogen (secondary N) is 1. The standard InChI is InChI=1S/C21H26N2O2S/c1-16-8-10-17(11-9-16)21(18-6-5-15-26-18)22-19(24)12-14-23-13-4-2-3-7-20(23)25/h5-6,8-11,15,21H,2-4,7,12-14H2,1H3,(H,22,24). The fourth-order valence-corrected chi connectivity index (χ4v) is 4.08. The molecule has 1 N–H and O–H groups in total. The first-order valence-corrected chi connectivity index (χ1v) is 10.2. The van der Waals surface area contributed by atoms with E-state index < -0.39 is 0 Å². The number of carbonyl (C=O) groups is 2. The Morgan fingerprint density at radius 1 is 1.19 bits per heavy atom. The van der Waals surface area contributed by atoms with E-state index in [1.54, 1.807) is 11.3 Å². The van der Waals surface area contributed by atoms with E-state index in [1.165, 1.54) is 5.56 Å². The van der Waals surface area contributed by atoms with E-state index in [2.05, 4.69) is 36.5 Å². The van der Waals surface area contributed by atoms with Gasteiger partial charge in [-0.1, -0.05) is 42.3 Å². The van der Waals surface area contributed by atoms with Crippen molar-refractivity contribution in [3.8, 4) is 0 Å². The fourth-order valence-electron chi connectivity index (χ4n) is 3.28. The van der Waals surface area contributed by atoms with Gasteiger partial charge in [0.1, 0.15) is 0 Å². The molecule has 1 unspecified atom stereocenters. The summed E-state index contributed by atoms with van der Waals surface area (Å²) < 4.78 is 0. The van der Waals surface area contributed by atoms with Crippen LogP contribution in [0.2, 0.25) is 0 Å². The Labute approximate surface area is 159 Å². The van der Waals surface area contributed by atoms with Gasteiger partial charge in [0, 0.05) is 30.8 Å². The highest BCUT2D eigenvalue weighted by Gasteiger charge is 2.20. The normalized spacial score (nSPS) is 16.2. The van der Waals surface area contributed by atoms with Crippen molar-refractivity contribution in [1.82, 2.24) is 10.2 Å². The minimum atomic E-state index is -0.136. The molecule has 26 heavy (non-hydrogen) atoms. The second-order valence-corrected chi connectivity index (χ2v) is 7.85. The molecule has 1 fully saturated rings. The zero-order chi connectivity index (χ0) is 18.4. The predicted molar refractivity (Wildman–Crippen MR) is 105 cm³/mol. The van der Waals surface area contributed by atoms with Gasteiger partial charge in [-0.05, 0) is 36.8 Å². The molecule has 1 aromatic heterocycles. The molecule has 4 nitrogen and oxygen atoms in total. The van der Waals surface area contributed by atoms with Crippen LogP contribution in [0.3, 0.4) is 0 Å². The molecule has 0 aliphatic carbocycles. The Kier molecular flexibility index (Phi) is 6.45. The van der Waals surface area contributed by atoms with Crippen molar-refractivity contribution in [2.75, 3.05) is 13.1 Å². The van der Waals surface area contributed by atoms with Gasteiger partial charge >= 0.3 is 0 Å². The molecule has 3 rings (SSSR count). The third-order valence-corrected chi connectivity index (χ3v) is 5.76. The molecule has 1 aliphatic rings. The van der Waals surface area contributed by atoms with Crippen molar-refractivity contribution >= 4 is 23.2 Å². The third kappa shape index (κ3) is 4.94. The number of thiophene rings is 1. The minimum Gasteiger partial charge on any atom is -0.344 e. The van der Waals surface area contributed by atoms with Crippen LogP contribution in [0.4, 0.5) is 0 Å². The van der Waals surface area contributed by atoms with Gasteiger partial charge in [0.25, 0.3) is 0 Å². The predicted octanol–water partition coefficient (Wildman–Crippen LogP) is 4.05. The molecule has 0 spiro atoms. The van der Waals surface area contributed by atoms with Crippen molar-refractivity contribution in [3.05, 3.63) is 57.8 Å². The molecule has 1 aromatic carbocycles. The van der Waals surface area contributed by atoms with Crippen LogP contribution in [0.5, 0.6) is 0 Å². The first kappa shape index (κ1) is 18.6. The summed E-state index contributed by atoms with van der Waals surface area (Å²) in [7, 11) is 0. The number of hydrogen-bond donors (Lipinski definition) is 1. The summed E-state index contributed by atoms with van der Waals surface area (Å²) in [6.07, 6.45) is 4.06. The van der Waals surface area contributed by atoms with E-state index in [1.807, 2.05) is 22.4 Å². The van der Waals surface area contributed by atoms with Gasteiger partial charge in [0.05, 0.1) is 6.04 Å². The second-order valence-electron chi connectivity index (χ2n) is 6.87. The van der Waals surface area contributed by atoms with Crippen molar-refractivity contribution in [3.63, 3.8) is 0 Å². The number of benzene rings is 1. The van der Waals surface area contributed by atoms with Gasteiger partial charge < -0.3 is 10.2 Å². The average molecular weight is 371 g/mol. The van der Waals surface area contributed by atoms with Crippen LogP contribution in [0.15, 0.2) is 41.8 Å². The van der Waals surface area contributed by atoms with E-state index in [9.17, 15) is 9.59 Å². The Bertz CT molecular complexity index is 725. The highest BCUT2D eigenvalue weighted by Crippen LogP contribution is 2.26. The molecule has 1 saturated heterocycles. The minimum absolute atomic E-state index is 0.0129. The Balaban J connectivity index is 1.64. The molecule has 2 amide bonds. The largest absolute Gasteiger partial charge is 0.344 e. The van der Waals surface area contributed by atoms with Crippen LogP contribution >= 0.6 is 11.3 Å².